The molecule has 2 heterocycles. The number of hydrogen-bond donors (Lipinski definition) is 0. The van der Waals surface area contributed by atoms with Crippen LogP contribution in [0.25, 0.3) is 0 Å². The Morgan fingerprint density at radius 3 is 2.32 bits per heavy atom. The molecule has 0 saturated carbocycles. The van der Waals surface area contributed by atoms with Gasteiger partial charge in [-0.15, -0.1) is 0 Å². The first-order chi connectivity index (χ1) is 13.7. The first kappa shape index (κ1) is 18.4. The van der Waals surface area contributed by atoms with Crippen LogP contribution in [0.3, 0.4) is 0 Å². The lowest BCUT2D eigenvalue weighted by atomic mass is 9.86. The molecule has 4 rings (SSSR count). The second kappa shape index (κ2) is 8.40. The van der Waals surface area contributed by atoms with E-state index in [0.29, 0.717) is 31.2 Å². The van der Waals surface area contributed by atoms with Gasteiger partial charge in [0.05, 0.1) is 12.7 Å². The number of nitrogens with zero attached hydrogens (tertiary/aromatic N) is 2. The van der Waals surface area contributed by atoms with Gasteiger partial charge in [-0.2, -0.15) is 0 Å². The summed E-state index contributed by atoms with van der Waals surface area (Å²) >= 11 is 0. The molecule has 5 nitrogen and oxygen atoms in total. The first-order valence-corrected chi connectivity index (χ1v) is 9.65. The summed E-state index contributed by atoms with van der Waals surface area (Å²) in [6.07, 6.45) is 0.784. The topological polar surface area (TPSA) is 55.6 Å². The molecule has 1 atom stereocenters. The molecule has 0 N–H and O–H groups in total. The number of amides is 1. The Morgan fingerprint density at radius 1 is 1.11 bits per heavy atom. The maximum atomic E-state index is 12.7. The Kier molecular flexibility index (Phi) is 5.53. The smallest absolute Gasteiger partial charge is 0.276 e. The quantitative estimate of drug-likeness (QED) is 0.674. The molecule has 1 unspecified atom stereocenters. The highest BCUT2D eigenvalue weighted by atomic mass is 16.5. The van der Waals surface area contributed by atoms with Gasteiger partial charge in [-0.25, -0.2) is 0 Å². The van der Waals surface area contributed by atoms with E-state index in [1.54, 1.807) is 13.0 Å². The predicted molar refractivity (Wildman–Crippen MR) is 106 cm³/mol. The summed E-state index contributed by atoms with van der Waals surface area (Å²) in [5.74, 6) is 0.763. The van der Waals surface area contributed by atoms with Crippen molar-refractivity contribution in [2.75, 3.05) is 19.7 Å². The minimum atomic E-state index is -0.0962. The molecule has 1 saturated heterocycles. The third kappa shape index (κ3) is 4.15. The average molecular weight is 376 g/mol. The maximum Gasteiger partial charge on any atom is 0.276 e. The van der Waals surface area contributed by atoms with Gasteiger partial charge in [0.25, 0.3) is 5.91 Å². The molecule has 1 aromatic heterocycles. The van der Waals surface area contributed by atoms with E-state index >= 15 is 0 Å². The molecule has 1 aliphatic heterocycles. The molecular formula is C23H24N2O3. The van der Waals surface area contributed by atoms with Crippen molar-refractivity contribution in [2.45, 2.75) is 25.4 Å². The van der Waals surface area contributed by atoms with Crippen molar-refractivity contribution in [1.82, 2.24) is 10.1 Å². The molecule has 2 aromatic carbocycles. The number of morpholine rings is 1. The number of hydrogen-bond acceptors (Lipinski definition) is 4. The van der Waals surface area contributed by atoms with E-state index in [4.69, 9.17) is 9.26 Å². The van der Waals surface area contributed by atoms with E-state index in [9.17, 15) is 4.79 Å². The van der Waals surface area contributed by atoms with Crippen LogP contribution in [0, 0.1) is 6.92 Å². The predicted octanol–water partition coefficient (Wildman–Crippen LogP) is 4.05. The number of rotatable bonds is 5. The summed E-state index contributed by atoms with van der Waals surface area (Å²) < 4.78 is 11.1. The lowest BCUT2D eigenvalue weighted by molar-refractivity contribution is -0.0267. The molecule has 0 spiro atoms. The molecule has 1 amide bonds. The summed E-state index contributed by atoms with van der Waals surface area (Å²) in [6.45, 7) is 3.45. The van der Waals surface area contributed by atoms with Crippen LogP contribution >= 0.6 is 0 Å². The van der Waals surface area contributed by atoms with Crippen molar-refractivity contribution in [2.24, 2.45) is 0 Å². The minimum absolute atomic E-state index is 0.0314. The van der Waals surface area contributed by atoms with Gasteiger partial charge in [0, 0.05) is 25.1 Å². The number of carbonyl (C=O) groups is 1. The van der Waals surface area contributed by atoms with Crippen LogP contribution in [0.4, 0.5) is 0 Å². The summed E-state index contributed by atoms with van der Waals surface area (Å²) in [7, 11) is 0. The molecule has 28 heavy (non-hydrogen) atoms. The highest BCUT2D eigenvalue weighted by molar-refractivity contribution is 5.92. The monoisotopic (exact) mass is 376 g/mol. The second-order valence-electron chi connectivity index (χ2n) is 7.18. The number of aryl methyl sites for hydroxylation is 1. The molecule has 5 heteroatoms. The molecule has 3 aromatic rings. The SMILES string of the molecule is Cc1cc(C(=O)N2CCOC(CC(c3ccccc3)c3ccccc3)C2)no1. The summed E-state index contributed by atoms with van der Waals surface area (Å²) in [5, 5.41) is 3.87. The number of benzene rings is 2. The Labute approximate surface area is 164 Å². The summed E-state index contributed by atoms with van der Waals surface area (Å²) in [5.41, 5.74) is 2.88. The van der Waals surface area contributed by atoms with Crippen molar-refractivity contribution < 1.29 is 14.1 Å². The van der Waals surface area contributed by atoms with Gasteiger partial charge in [0.15, 0.2) is 5.69 Å². The number of aromatic nitrogens is 1. The van der Waals surface area contributed by atoms with Crippen molar-refractivity contribution in [3.05, 3.63) is 89.3 Å². The van der Waals surface area contributed by atoms with Crippen molar-refractivity contribution in [1.29, 1.82) is 0 Å². The van der Waals surface area contributed by atoms with Gasteiger partial charge >= 0.3 is 0 Å². The largest absolute Gasteiger partial charge is 0.375 e. The molecule has 1 fully saturated rings. The van der Waals surface area contributed by atoms with Gasteiger partial charge in [0.1, 0.15) is 5.76 Å². The van der Waals surface area contributed by atoms with Crippen LogP contribution in [-0.4, -0.2) is 41.8 Å². The van der Waals surface area contributed by atoms with Gasteiger partial charge in [-0.3, -0.25) is 4.79 Å². The minimum Gasteiger partial charge on any atom is -0.375 e. The highest BCUT2D eigenvalue weighted by Gasteiger charge is 2.29. The Balaban J connectivity index is 1.51. The Bertz CT molecular complexity index is 868. The van der Waals surface area contributed by atoms with Crippen LogP contribution < -0.4 is 0 Å². The fourth-order valence-electron chi connectivity index (χ4n) is 3.77. The van der Waals surface area contributed by atoms with Crippen molar-refractivity contribution in [3.8, 4) is 0 Å². The van der Waals surface area contributed by atoms with Crippen molar-refractivity contribution >= 4 is 5.91 Å². The van der Waals surface area contributed by atoms with E-state index < -0.39 is 0 Å². The van der Waals surface area contributed by atoms with Crippen LogP contribution in [-0.2, 0) is 4.74 Å². The fraction of sp³-hybridized carbons (Fsp3) is 0.304. The second-order valence-corrected chi connectivity index (χ2v) is 7.18. The van der Waals surface area contributed by atoms with E-state index in [0.717, 1.165) is 6.42 Å². The van der Waals surface area contributed by atoms with Gasteiger partial charge < -0.3 is 14.2 Å². The van der Waals surface area contributed by atoms with E-state index in [-0.39, 0.29) is 17.9 Å². The van der Waals surface area contributed by atoms with Crippen LogP contribution in [0.15, 0.2) is 71.3 Å². The third-order valence-corrected chi connectivity index (χ3v) is 5.18. The normalized spacial score (nSPS) is 17.1. The lowest BCUT2D eigenvalue weighted by Crippen LogP contribution is -2.46. The van der Waals surface area contributed by atoms with Crippen LogP contribution in [0.5, 0.6) is 0 Å². The summed E-state index contributed by atoms with van der Waals surface area (Å²) in [4.78, 5) is 14.6. The van der Waals surface area contributed by atoms with Crippen molar-refractivity contribution in [3.63, 3.8) is 0 Å². The standard InChI is InChI=1S/C23H24N2O3/c1-17-14-22(24-28-17)23(26)25-12-13-27-20(16-25)15-21(18-8-4-2-5-9-18)19-10-6-3-7-11-19/h2-11,14,20-21H,12-13,15-16H2,1H3. The molecule has 0 aliphatic carbocycles. The van der Waals surface area contributed by atoms with Gasteiger partial charge in [-0.05, 0) is 24.5 Å². The Hall–Kier alpha value is -2.92. The zero-order valence-electron chi connectivity index (χ0n) is 16.0. The molecule has 0 bridgehead atoms. The van der Waals surface area contributed by atoms with E-state index in [2.05, 4.69) is 53.7 Å². The Morgan fingerprint density at radius 2 is 1.75 bits per heavy atom. The molecular weight excluding hydrogens is 352 g/mol. The third-order valence-electron chi connectivity index (χ3n) is 5.18. The highest BCUT2D eigenvalue weighted by Crippen LogP contribution is 2.31. The lowest BCUT2D eigenvalue weighted by Gasteiger charge is -2.34. The van der Waals surface area contributed by atoms with E-state index in [1.165, 1.54) is 11.1 Å². The van der Waals surface area contributed by atoms with E-state index in [1.807, 2.05) is 17.0 Å². The first-order valence-electron chi connectivity index (χ1n) is 9.65. The fourth-order valence-corrected chi connectivity index (χ4v) is 3.77. The maximum absolute atomic E-state index is 12.7. The molecule has 0 radical (unpaired) electrons. The molecule has 1 aliphatic rings. The van der Waals surface area contributed by atoms with Gasteiger partial charge in [-0.1, -0.05) is 65.8 Å². The van der Waals surface area contributed by atoms with Crippen LogP contribution in [0.1, 0.15) is 39.7 Å². The number of carbonyl (C=O) groups excluding carboxylic acids is 1. The summed E-state index contributed by atoms with van der Waals surface area (Å²) in [6, 6.07) is 22.6. The number of ether oxygens (including phenoxy) is 1. The van der Waals surface area contributed by atoms with Gasteiger partial charge in [0.2, 0.25) is 0 Å². The zero-order valence-corrected chi connectivity index (χ0v) is 16.0. The molecule has 144 valence electrons. The van der Waals surface area contributed by atoms with Crippen LogP contribution in [0.2, 0.25) is 0 Å². The average Bonchev–Trinajstić information content (AvgIpc) is 3.19. The zero-order chi connectivity index (χ0) is 19.3.